The third-order valence-electron chi connectivity index (χ3n) is 3.49. The van der Waals surface area contributed by atoms with E-state index >= 15 is 0 Å². The van der Waals surface area contributed by atoms with Gasteiger partial charge < -0.3 is 14.4 Å². The smallest absolute Gasteiger partial charge is 0.231 e. The second-order valence-corrected chi connectivity index (χ2v) is 5.13. The Morgan fingerprint density at radius 3 is 2.91 bits per heavy atom. The van der Waals surface area contributed by atoms with Gasteiger partial charge in [-0.1, -0.05) is 0 Å². The summed E-state index contributed by atoms with van der Waals surface area (Å²) in [6, 6.07) is 9.47. The van der Waals surface area contributed by atoms with Crippen molar-refractivity contribution in [3.8, 4) is 11.5 Å². The van der Waals surface area contributed by atoms with Crippen LogP contribution in [-0.2, 0) is 0 Å². The van der Waals surface area contributed by atoms with E-state index in [-0.39, 0.29) is 12.1 Å². The van der Waals surface area contributed by atoms with Crippen LogP contribution in [0.5, 0.6) is 11.5 Å². The van der Waals surface area contributed by atoms with Crippen molar-refractivity contribution in [3.63, 3.8) is 0 Å². The zero-order chi connectivity index (χ0) is 15.1. The molecule has 3 aromatic rings. The Hall–Kier alpha value is -2.60. The molecule has 22 heavy (non-hydrogen) atoms. The van der Waals surface area contributed by atoms with Gasteiger partial charge in [0.2, 0.25) is 12.1 Å². The van der Waals surface area contributed by atoms with E-state index in [0.717, 1.165) is 16.8 Å². The van der Waals surface area contributed by atoms with Crippen molar-refractivity contribution in [2.45, 2.75) is 0 Å². The molecule has 0 aliphatic carbocycles. The highest BCUT2D eigenvalue weighted by Gasteiger charge is 2.17. The van der Waals surface area contributed by atoms with Gasteiger partial charge in [-0.25, -0.2) is 4.98 Å². The van der Waals surface area contributed by atoms with Gasteiger partial charge in [0.15, 0.2) is 17.1 Å². The van der Waals surface area contributed by atoms with E-state index in [9.17, 15) is 0 Å². The van der Waals surface area contributed by atoms with Crippen LogP contribution >= 0.6 is 11.6 Å². The van der Waals surface area contributed by atoms with E-state index in [0.29, 0.717) is 17.2 Å². The lowest BCUT2D eigenvalue weighted by atomic mass is 10.2. The normalized spacial score (nSPS) is 12.6. The molecule has 4 rings (SSSR count). The average molecular weight is 315 g/mol. The standard InChI is InChI=1S/C15H11ClN4O2/c1-20(9-4-5-11-12(7-9)22-8-21-11)14-10-3-2-6-17-13(10)18-15(16)19-14/h2-7H,8H2,1H3. The average Bonchev–Trinajstić information content (AvgIpc) is 3.00. The topological polar surface area (TPSA) is 60.4 Å². The molecule has 0 amide bonds. The predicted molar refractivity (Wildman–Crippen MR) is 83.0 cm³/mol. The van der Waals surface area contributed by atoms with Gasteiger partial charge in [-0.3, -0.25) is 0 Å². The quantitative estimate of drug-likeness (QED) is 0.677. The Bertz CT molecular complexity index is 871. The molecule has 2 aromatic heterocycles. The van der Waals surface area contributed by atoms with Crippen LogP contribution in [0.3, 0.4) is 0 Å². The summed E-state index contributed by atoms with van der Waals surface area (Å²) in [5, 5.41) is 0.987. The number of ether oxygens (including phenoxy) is 2. The van der Waals surface area contributed by atoms with E-state index in [1.165, 1.54) is 0 Å². The fourth-order valence-corrected chi connectivity index (χ4v) is 2.55. The van der Waals surface area contributed by atoms with Gasteiger partial charge in [0.05, 0.1) is 5.39 Å². The van der Waals surface area contributed by atoms with Crippen molar-refractivity contribution in [2.24, 2.45) is 0 Å². The van der Waals surface area contributed by atoms with E-state index < -0.39 is 0 Å². The van der Waals surface area contributed by atoms with Gasteiger partial charge in [0, 0.05) is 25.0 Å². The lowest BCUT2D eigenvalue weighted by Gasteiger charge is -2.20. The number of benzene rings is 1. The number of nitrogens with zero attached hydrogens (tertiary/aromatic N) is 4. The van der Waals surface area contributed by atoms with E-state index in [2.05, 4.69) is 15.0 Å². The first-order valence-corrected chi connectivity index (χ1v) is 7.02. The highest BCUT2D eigenvalue weighted by atomic mass is 35.5. The lowest BCUT2D eigenvalue weighted by Crippen LogP contribution is -2.12. The van der Waals surface area contributed by atoms with Gasteiger partial charge in [0.1, 0.15) is 5.82 Å². The van der Waals surface area contributed by atoms with Crippen molar-refractivity contribution in [1.82, 2.24) is 15.0 Å². The van der Waals surface area contributed by atoms with Crippen LogP contribution in [-0.4, -0.2) is 28.8 Å². The van der Waals surface area contributed by atoms with Crippen LogP contribution < -0.4 is 14.4 Å². The molecule has 0 bridgehead atoms. The van der Waals surface area contributed by atoms with Gasteiger partial charge in [-0.15, -0.1) is 0 Å². The first kappa shape index (κ1) is 13.1. The molecule has 110 valence electrons. The van der Waals surface area contributed by atoms with Crippen molar-refractivity contribution >= 4 is 34.1 Å². The summed E-state index contributed by atoms with van der Waals surface area (Å²) >= 11 is 6.02. The molecule has 0 saturated carbocycles. The molecule has 1 aromatic carbocycles. The van der Waals surface area contributed by atoms with E-state index in [1.807, 2.05) is 42.3 Å². The molecule has 0 unspecified atom stereocenters. The maximum atomic E-state index is 6.02. The van der Waals surface area contributed by atoms with Crippen LogP contribution in [0.25, 0.3) is 11.0 Å². The maximum absolute atomic E-state index is 6.02. The second kappa shape index (κ2) is 4.99. The summed E-state index contributed by atoms with van der Waals surface area (Å²) in [5.74, 6) is 2.14. The fraction of sp³-hybridized carbons (Fsp3) is 0.133. The first-order valence-electron chi connectivity index (χ1n) is 6.64. The van der Waals surface area contributed by atoms with Gasteiger partial charge in [-0.2, -0.15) is 9.97 Å². The molecule has 0 spiro atoms. The number of hydrogen-bond donors (Lipinski definition) is 0. The Labute approximate surface area is 131 Å². The highest BCUT2D eigenvalue weighted by molar-refractivity contribution is 6.28. The van der Waals surface area contributed by atoms with Crippen molar-refractivity contribution in [1.29, 1.82) is 0 Å². The lowest BCUT2D eigenvalue weighted by molar-refractivity contribution is 0.174. The number of fused-ring (bicyclic) bond motifs is 2. The number of hydrogen-bond acceptors (Lipinski definition) is 6. The minimum atomic E-state index is 0.161. The summed E-state index contributed by atoms with van der Waals surface area (Å²) in [6.07, 6.45) is 1.68. The molecule has 0 radical (unpaired) electrons. The monoisotopic (exact) mass is 314 g/mol. The SMILES string of the molecule is CN(c1ccc2c(c1)OCO2)c1nc(Cl)nc2ncccc12. The van der Waals surface area contributed by atoms with Crippen LogP contribution in [0, 0.1) is 0 Å². The number of pyridine rings is 1. The molecule has 0 fully saturated rings. The van der Waals surface area contributed by atoms with E-state index in [1.54, 1.807) is 6.20 Å². The van der Waals surface area contributed by atoms with Crippen molar-refractivity contribution in [2.75, 3.05) is 18.7 Å². The van der Waals surface area contributed by atoms with Gasteiger partial charge >= 0.3 is 0 Å². The zero-order valence-corrected chi connectivity index (χ0v) is 12.4. The third kappa shape index (κ3) is 2.08. The maximum Gasteiger partial charge on any atom is 0.231 e. The second-order valence-electron chi connectivity index (χ2n) is 4.79. The minimum Gasteiger partial charge on any atom is -0.454 e. The summed E-state index contributed by atoms with van der Waals surface area (Å²) in [4.78, 5) is 14.6. The Kier molecular flexibility index (Phi) is 2.97. The van der Waals surface area contributed by atoms with Gasteiger partial charge in [-0.05, 0) is 35.9 Å². The summed E-state index contributed by atoms with van der Waals surface area (Å²) in [7, 11) is 1.91. The van der Waals surface area contributed by atoms with Crippen LogP contribution in [0.15, 0.2) is 36.5 Å². The van der Waals surface area contributed by atoms with Crippen LogP contribution in [0.4, 0.5) is 11.5 Å². The van der Waals surface area contributed by atoms with Crippen LogP contribution in [0.2, 0.25) is 5.28 Å². The molecule has 0 N–H and O–H groups in total. The minimum absolute atomic E-state index is 0.161. The highest BCUT2D eigenvalue weighted by Crippen LogP contribution is 2.37. The summed E-state index contributed by atoms with van der Waals surface area (Å²) in [5.41, 5.74) is 1.47. The Morgan fingerprint density at radius 1 is 1.14 bits per heavy atom. The molecule has 1 aliphatic rings. The van der Waals surface area contributed by atoms with E-state index in [4.69, 9.17) is 21.1 Å². The van der Waals surface area contributed by atoms with Crippen molar-refractivity contribution < 1.29 is 9.47 Å². The Balaban J connectivity index is 1.84. The molecule has 0 saturated heterocycles. The predicted octanol–water partition coefficient (Wildman–Crippen LogP) is 3.17. The van der Waals surface area contributed by atoms with Crippen LogP contribution in [0.1, 0.15) is 0 Å². The largest absolute Gasteiger partial charge is 0.454 e. The van der Waals surface area contributed by atoms with Gasteiger partial charge in [0.25, 0.3) is 0 Å². The summed E-state index contributed by atoms with van der Waals surface area (Å²) < 4.78 is 10.7. The zero-order valence-electron chi connectivity index (χ0n) is 11.7. The Morgan fingerprint density at radius 2 is 2.00 bits per heavy atom. The number of halogens is 1. The fourth-order valence-electron chi connectivity index (χ4n) is 2.39. The van der Waals surface area contributed by atoms with Crippen molar-refractivity contribution in [3.05, 3.63) is 41.8 Å². The number of aromatic nitrogens is 3. The molecule has 1 aliphatic heterocycles. The molecule has 6 nitrogen and oxygen atoms in total. The first-order chi connectivity index (χ1) is 10.7. The number of anilines is 2. The third-order valence-corrected chi connectivity index (χ3v) is 3.65. The summed E-state index contributed by atoms with van der Waals surface area (Å²) in [6.45, 7) is 0.245. The molecular weight excluding hydrogens is 304 g/mol. The number of rotatable bonds is 2. The molecule has 0 atom stereocenters. The molecule has 7 heteroatoms. The molecular formula is C15H11ClN4O2. The molecule has 3 heterocycles.